The molecule has 0 spiro atoms. The number of anilines is 2. The molecular weight excluding hydrogens is 231 g/mol. The van der Waals surface area contributed by atoms with Crippen LogP contribution in [0.25, 0.3) is 0 Å². The molecule has 8 heteroatoms. The number of hydrogen-bond acceptors (Lipinski definition) is 6. The minimum absolute atomic E-state index is 0. The Bertz CT molecular complexity index is 272. The van der Waals surface area contributed by atoms with E-state index in [1.807, 2.05) is 0 Å². The fraction of sp³-hybridized carbons (Fsp3) is 0.333. The standard InChI is InChI=1S/C6H10N4O2.2ClH/c1-11-4-3(7)5(12-2)10-6(8)9-4;;/h7H2,1-2H3,(H2,8,9,10);2*1H. The lowest BCUT2D eigenvalue weighted by Gasteiger charge is -2.07. The van der Waals surface area contributed by atoms with E-state index in [1.54, 1.807) is 0 Å². The number of nitrogen functional groups attached to an aromatic ring is 2. The van der Waals surface area contributed by atoms with Crippen LogP contribution in [0.2, 0.25) is 0 Å². The van der Waals surface area contributed by atoms with Crippen molar-refractivity contribution in [3.05, 3.63) is 0 Å². The normalized spacial score (nSPS) is 8.14. The number of nitrogens with zero attached hydrogens (tertiary/aromatic N) is 2. The largest absolute Gasteiger partial charge is 0.479 e. The van der Waals surface area contributed by atoms with Gasteiger partial charge in [-0.05, 0) is 0 Å². The summed E-state index contributed by atoms with van der Waals surface area (Å²) in [6, 6.07) is 0. The molecule has 1 heterocycles. The number of ether oxygens (including phenoxy) is 2. The van der Waals surface area contributed by atoms with Crippen LogP contribution in [0.5, 0.6) is 11.8 Å². The molecule has 0 fully saturated rings. The van der Waals surface area contributed by atoms with Gasteiger partial charge in [0, 0.05) is 0 Å². The zero-order chi connectivity index (χ0) is 9.14. The molecule has 0 amide bonds. The molecule has 0 atom stereocenters. The summed E-state index contributed by atoms with van der Waals surface area (Å²) in [4.78, 5) is 7.48. The Morgan fingerprint density at radius 3 is 1.57 bits per heavy atom. The lowest BCUT2D eigenvalue weighted by atomic mass is 10.5. The molecule has 0 saturated carbocycles. The topological polar surface area (TPSA) is 96.3 Å². The van der Waals surface area contributed by atoms with Crippen molar-refractivity contribution in [1.29, 1.82) is 0 Å². The van der Waals surface area contributed by atoms with Crippen LogP contribution < -0.4 is 20.9 Å². The Kier molecular flexibility index (Phi) is 6.94. The van der Waals surface area contributed by atoms with Gasteiger partial charge in [-0.25, -0.2) is 0 Å². The van der Waals surface area contributed by atoms with Gasteiger partial charge in [0.25, 0.3) is 0 Å². The number of methoxy groups -OCH3 is 2. The van der Waals surface area contributed by atoms with Crippen molar-refractivity contribution < 1.29 is 9.47 Å². The lowest BCUT2D eigenvalue weighted by molar-refractivity contribution is 0.377. The molecule has 0 bridgehead atoms. The van der Waals surface area contributed by atoms with Gasteiger partial charge in [-0.15, -0.1) is 24.8 Å². The highest BCUT2D eigenvalue weighted by atomic mass is 35.5. The van der Waals surface area contributed by atoms with Crippen molar-refractivity contribution in [3.8, 4) is 11.8 Å². The molecular formula is C6H12Cl2N4O2. The predicted octanol–water partition coefficient (Wildman–Crippen LogP) is 0.502. The molecule has 1 aromatic rings. The molecule has 6 nitrogen and oxygen atoms in total. The van der Waals surface area contributed by atoms with Crippen molar-refractivity contribution in [3.63, 3.8) is 0 Å². The molecule has 0 saturated heterocycles. The Morgan fingerprint density at radius 2 is 1.29 bits per heavy atom. The quantitative estimate of drug-likeness (QED) is 0.785. The summed E-state index contributed by atoms with van der Waals surface area (Å²) in [5.41, 5.74) is 11.1. The average Bonchev–Trinajstić information content (AvgIpc) is 2.08. The molecule has 82 valence electrons. The first-order valence-corrected chi connectivity index (χ1v) is 3.20. The number of hydrogen-bond donors (Lipinski definition) is 2. The highest BCUT2D eigenvalue weighted by Crippen LogP contribution is 2.27. The zero-order valence-corrected chi connectivity index (χ0v) is 9.32. The van der Waals surface area contributed by atoms with Crippen molar-refractivity contribution in [2.75, 3.05) is 25.7 Å². The molecule has 0 aliphatic heterocycles. The zero-order valence-electron chi connectivity index (χ0n) is 7.68. The highest BCUT2D eigenvalue weighted by molar-refractivity contribution is 5.85. The summed E-state index contributed by atoms with van der Waals surface area (Å²) in [5.74, 6) is 0.511. The van der Waals surface area contributed by atoms with E-state index in [-0.39, 0.29) is 48.2 Å². The first-order chi connectivity index (χ1) is 5.69. The maximum Gasteiger partial charge on any atom is 0.245 e. The SMILES string of the molecule is COc1nc(N)nc(OC)c1N.Cl.Cl. The van der Waals surface area contributed by atoms with Gasteiger partial charge >= 0.3 is 0 Å². The first-order valence-electron chi connectivity index (χ1n) is 3.20. The van der Waals surface area contributed by atoms with Crippen molar-refractivity contribution >= 4 is 36.4 Å². The monoisotopic (exact) mass is 242 g/mol. The van der Waals surface area contributed by atoms with Crippen LogP contribution in [0.15, 0.2) is 0 Å². The molecule has 0 aromatic carbocycles. The summed E-state index contributed by atoms with van der Waals surface area (Å²) < 4.78 is 9.66. The second kappa shape index (κ2) is 6.33. The van der Waals surface area contributed by atoms with Crippen LogP contribution in [0.3, 0.4) is 0 Å². The fourth-order valence-electron chi connectivity index (χ4n) is 0.756. The smallest absolute Gasteiger partial charge is 0.245 e. The van der Waals surface area contributed by atoms with Crippen LogP contribution in [-0.4, -0.2) is 24.2 Å². The van der Waals surface area contributed by atoms with E-state index in [0.717, 1.165) is 0 Å². The van der Waals surface area contributed by atoms with Crippen LogP contribution in [-0.2, 0) is 0 Å². The van der Waals surface area contributed by atoms with Crippen molar-refractivity contribution in [1.82, 2.24) is 9.97 Å². The Morgan fingerprint density at radius 1 is 0.929 bits per heavy atom. The third kappa shape index (κ3) is 2.97. The average molecular weight is 243 g/mol. The molecule has 0 aliphatic carbocycles. The summed E-state index contributed by atoms with van der Waals surface area (Å²) in [5, 5.41) is 0. The van der Waals surface area contributed by atoms with E-state index in [9.17, 15) is 0 Å². The van der Waals surface area contributed by atoms with E-state index in [4.69, 9.17) is 20.9 Å². The van der Waals surface area contributed by atoms with Gasteiger partial charge in [0.15, 0.2) is 5.69 Å². The molecule has 0 radical (unpaired) electrons. The third-order valence-electron chi connectivity index (χ3n) is 1.28. The van der Waals surface area contributed by atoms with E-state index in [2.05, 4.69) is 9.97 Å². The molecule has 4 N–H and O–H groups in total. The summed E-state index contributed by atoms with van der Waals surface area (Å²) in [6.07, 6.45) is 0. The van der Waals surface area contributed by atoms with Crippen molar-refractivity contribution in [2.45, 2.75) is 0 Å². The van der Waals surface area contributed by atoms with Crippen LogP contribution in [0, 0.1) is 0 Å². The predicted molar refractivity (Wildman–Crippen MR) is 58.5 cm³/mol. The van der Waals surface area contributed by atoms with Gasteiger partial charge in [0.05, 0.1) is 14.2 Å². The Balaban J connectivity index is 0. The maximum absolute atomic E-state index is 5.54. The van der Waals surface area contributed by atoms with Gasteiger partial charge < -0.3 is 20.9 Å². The number of nitrogens with two attached hydrogens (primary N) is 2. The minimum atomic E-state index is 0. The highest BCUT2D eigenvalue weighted by Gasteiger charge is 2.10. The van der Waals surface area contributed by atoms with E-state index in [1.165, 1.54) is 14.2 Å². The van der Waals surface area contributed by atoms with Crippen LogP contribution >= 0.6 is 24.8 Å². The Hall–Kier alpha value is -1.14. The first kappa shape index (κ1) is 15.3. The van der Waals surface area contributed by atoms with Gasteiger partial charge in [0.2, 0.25) is 17.7 Å². The molecule has 14 heavy (non-hydrogen) atoms. The molecule has 0 aliphatic rings. The number of halogens is 2. The second-order valence-corrected chi connectivity index (χ2v) is 2.01. The fourth-order valence-corrected chi connectivity index (χ4v) is 0.756. The third-order valence-corrected chi connectivity index (χ3v) is 1.28. The van der Waals surface area contributed by atoms with Gasteiger partial charge in [-0.1, -0.05) is 0 Å². The summed E-state index contributed by atoms with van der Waals surface area (Å²) in [7, 11) is 2.88. The summed E-state index contributed by atoms with van der Waals surface area (Å²) >= 11 is 0. The van der Waals surface area contributed by atoms with Gasteiger partial charge in [0.1, 0.15) is 0 Å². The lowest BCUT2D eigenvalue weighted by Crippen LogP contribution is -2.04. The van der Waals surface area contributed by atoms with E-state index >= 15 is 0 Å². The maximum atomic E-state index is 5.54. The van der Waals surface area contributed by atoms with Crippen LogP contribution in [0.1, 0.15) is 0 Å². The molecule has 0 unspecified atom stereocenters. The number of rotatable bonds is 2. The van der Waals surface area contributed by atoms with Gasteiger partial charge in [-0.3, -0.25) is 0 Å². The van der Waals surface area contributed by atoms with E-state index in [0.29, 0.717) is 0 Å². The molecule has 1 aromatic heterocycles. The number of aromatic nitrogens is 2. The molecule has 1 rings (SSSR count). The minimum Gasteiger partial charge on any atom is -0.479 e. The Labute approximate surface area is 93.8 Å². The van der Waals surface area contributed by atoms with Crippen LogP contribution in [0.4, 0.5) is 11.6 Å². The van der Waals surface area contributed by atoms with Crippen molar-refractivity contribution in [2.24, 2.45) is 0 Å². The van der Waals surface area contributed by atoms with Gasteiger partial charge in [-0.2, -0.15) is 9.97 Å². The summed E-state index contributed by atoms with van der Waals surface area (Å²) in [6.45, 7) is 0. The second-order valence-electron chi connectivity index (χ2n) is 2.01. The van der Waals surface area contributed by atoms with E-state index < -0.39 is 0 Å².